The summed E-state index contributed by atoms with van der Waals surface area (Å²) in [7, 11) is 1.63. The van der Waals surface area contributed by atoms with Crippen LogP contribution in [0, 0.1) is 0 Å². The minimum Gasteiger partial charge on any atom is -0.497 e. The second kappa shape index (κ2) is 9.00. The number of urea groups is 1. The number of rotatable bonds is 7. The van der Waals surface area contributed by atoms with E-state index in [1.54, 1.807) is 13.4 Å². The van der Waals surface area contributed by atoms with E-state index in [4.69, 9.17) is 9.15 Å². The van der Waals surface area contributed by atoms with Crippen molar-refractivity contribution in [3.05, 3.63) is 85.0 Å². The van der Waals surface area contributed by atoms with Crippen molar-refractivity contribution >= 4 is 11.7 Å². The first-order chi connectivity index (χ1) is 14.7. The Bertz CT molecular complexity index is 1100. The maximum absolute atomic E-state index is 12.2. The molecule has 2 amide bonds. The lowest BCUT2D eigenvalue weighted by molar-refractivity contribution is 0.252. The zero-order valence-electron chi connectivity index (χ0n) is 16.5. The lowest BCUT2D eigenvalue weighted by Crippen LogP contribution is -2.30. The highest BCUT2D eigenvalue weighted by molar-refractivity contribution is 5.89. The van der Waals surface area contributed by atoms with Crippen LogP contribution in [0.5, 0.6) is 5.75 Å². The van der Waals surface area contributed by atoms with Crippen LogP contribution >= 0.6 is 0 Å². The van der Waals surface area contributed by atoms with E-state index in [1.165, 1.54) is 0 Å². The van der Waals surface area contributed by atoms with E-state index in [0.29, 0.717) is 18.9 Å². The molecular formula is C23H22N4O3. The van der Waals surface area contributed by atoms with Crippen molar-refractivity contribution in [3.63, 3.8) is 0 Å². The highest BCUT2D eigenvalue weighted by Crippen LogP contribution is 2.21. The Morgan fingerprint density at radius 3 is 2.67 bits per heavy atom. The van der Waals surface area contributed by atoms with Gasteiger partial charge in [0.05, 0.1) is 12.8 Å². The molecule has 2 N–H and O–H groups in total. The van der Waals surface area contributed by atoms with E-state index in [9.17, 15) is 4.79 Å². The monoisotopic (exact) mass is 402 g/mol. The van der Waals surface area contributed by atoms with Crippen LogP contribution in [0.15, 0.2) is 83.7 Å². The van der Waals surface area contributed by atoms with Crippen LogP contribution in [-0.2, 0) is 6.42 Å². The van der Waals surface area contributed by atoms with E-state index in [2.05, 4.69) is 15.6 Å². The van der Waals surface area contributed by atoms with Gasteiger partial charge in [-0.05, 0) is 54.6 Å². The molecule has 0 bridgehead atoms. The molecule has 2 aromatic heterocycles. The number of benzene rings is 2. The highest BCUT2D eigenvalue weighted by atomic mass is 16.5. The normalized spacial score (nSPS) is 10.6. The summed E-state index contributed by atoms with van der Waals surface area (Å²) in [6, 6.07) is 18.8. The first-order valence-corrected chi connectivity index (χ1v) is 9.58. The maximum atomic E-state index is 12.2. The Morgan fingerprint density at radius 1 is 1.10 bits per heavy atom. The van der Waals surface area contributed by atoms with Crippen molar-refractivity contribution < 1.29 is 13.9 Å². The summed E-state index contributed by atoms with van der Waals surface area (Å²) >= 11 is 0. The number of hydrogen-bond donors (Lipinski definition) is 2. The molecule has 7 heteroatoms. The van der Waals surface area contributed by atoms with Crippen molar-refractivity contribution in [1.82, 2.24) is 14.9 Å². The van der Waals surface area contributed by atoms with Gasteiger partial charge >= 0.3 is 6.03 Å². The lowest BCUT2D eigenvalue weighted by atomic mass is 10.2. The number of nitrogens with zero attached hydrogens (tertiary/aromatic N) is 2. The van der Waals surface area contributed by atoms with Gasteiger partial charge in [-0.2, -0.15) is 0 Å². The molecule has 0 fully saturated rings. The fourth-order valence-corrected chi connectivity index (χ4v) is 3.02. The number of methoxy groups -OCH3 is 1. The zero-order chi connectivity index (χ0) is 20.8. The molecule has 0 spiro atoms. The largest absolute Gasteiger partial charge is 0.497 e. The molecule has 0 unspecified atom stereocenters. The van der Waals surface area contributed by atoms with Crippen LogP contribution in [0.2, 0.25) is 0 Å². The predicted molar refractivity (Wildman–Crippen MR) is 115 cm³/mol. The fraction of sp³-hybridized carbons (Fsp3) is 0.130. The minimum atomic E-state index is -0.265. The molecule has 4 aromatic rings. The van der Waals surface area contributed by atoms with Gasteiger partial charge in [0, 0.05) is 42.3 Å². The second-order valence-corrected chi connectivity index (χ2v) is 6.64. The molecule has 7 nitrogen and oxygen atoms in total. The number of carbonyl (C=O) groups is 1. The van der Waals surface area contributed by atoms with E-state index >= 15 is 0 Å². The van der Waals surface area contributed by atoms with Crippen LogP contribution in [0.4, 0.5) is 10.5 Å². The summed E-state index contributed by atoms with van der Waals surface area (Å²) in [5.74, 6) is 1.32. The van der Waals surface area contributed by atoms with Gasteiger partial charge in [0.1, 0.15) is 12.0 Å². The number of anilines is 1. The van der Waals surface area contributed by atoms with Crippen LogP contribution in [-0.4, -0.2) is 29.2 Å². The van der Waals surface area contributed by atoms with Gasteiger partial charge in [0.25, 0.3) is 0 Å². The number of carbonyl (C=O) groups excluding carboxylic acids is 1. The van der Waals surface area contributed by atoms with Gasteiger partial charge in [-0.25, -0.2) is 9.78 Å². The van der Waals surface area contributed by atoms with Gasteiger partial charge in [-0.3, -0.25) is 0 Å². The first-order valence-electron chi connectivity index (χ1n) is 9.58. The molecule has 0 aliphatic rings. The van der Waals surface area contributed by atoms with Gasteiger partial charge in [0.2, 0.25) is 5.89 Å². The third kappa shape index (κ3) is 4.70. The molecule has 4 rings (SSSR count). The number of aromatic nitrogens is 2. The van der Waals surface area contributed by atoms with Crippen molar-refractivity contribution in [1.29, 1.82) is 0 Å². The van der Waals surface area contributed by atoms with Crippen molar-refractivity contribution in [2.75, 3.05) is 19.0 Å². The average Bonchev–Trinajstić information content (AvgIpc) is 3.47. The van der Waals surface area contributed by atoms with Crippen molar-refractivity contribution in [2.24, 2.45) is 0 Å². The van der Waals surface area contributed by atoms with Crippen LogP contribution in [0.3, 0.4) is 0 Å². The number of hydrogen-bond acceptors (Lipinski definition) is 4. The van der Waals surface area contributed by atoms with Gasteiger partial charge in [-0.15, -0.1) is 0 Å². The number of ether oxygens (including phenoxy) is 1. The molecule has 0 atom stereocenters. The number of amides is 2. The summed E-state index contributed by atoms with van der Waals surface area (Å²) in [5, 5.41) is 5.70. The Labute approximate surface area is 174 Å². The summed E-state index contributed by atoms with van der Waals surface area (Å²) in [5.41, 5.74) is 3.35. The third-order valence-corrected chi connectivity index (χ3v) is 4.56. The minimum absolute atomic E-state index is 0.265. The molecule has 30 heavy (non-hydrogen) atoms. The van der Waals surface area contributed by atoms with Crippen LogP contribution in [0.1, 0.15) is 5.69 Å². The number of nitrogens with one attached hydrogen (secondary N) is 2. The molecule has 0 saturated heterocycles. The molecule has 2 aromatic carbocycles. The topological polar surface area (TPSA) is 81.3 Å². The van der Waals surface area contributed by atoms with Gasteiger partial charge < -0.3 is 24.4 Å². The van der Waals surface area contributed by atoms with Gasteiger partial charge in [-0.1, -0.05) is 6.07 Å². The average molecular weight is 402 g/mol. The quantitative estimate of drug-likeness (QED) is 0.477. The SMILES string of the molecule is COc1ccc(-c2nc(CCNC(=O)Nc3cccc(-n4cccc4)c3)co2)cc1. The fourth-order valence-electron chi connectivity index (χ4n) is 3.02. The Kier molecular flexibility index (Phi) is 5.80. The standard InChI is InChI=1S/C23H22N4O3/c1-29-21-9-7-17(8-10-21)22-25-19(16-30-22)11-12-24-23(28)26-18-5-4-6-20(15-18)27-13-2-3-14-27/h2-10,13-16H,11-12H2,1H3,(H2,24,26,28). The second-order valence-electron chi connectivity index (χ2n) is 6.64. The van der Waals surface area contributed by atoms with Crippen molar-refractivity contribution in [2.45, 2.75) is 6.42 Å². The van der Waals surface area contributed by atoms with Crippen LogP contribution < -0.4 is 15.4 Å². The van der Waals surface area contributed by atoms with Crippen LogP contribution in [0.25, 0.3) is 17.1 Å². The molecule has 152 valence electrons. The van der Waals surface area contributed by atoms with E-state index in [0.717, 1.165) is 28.4 Å². The number of oxazole rings is 1. The molecule has 0 aliphatic heterocycles. The zero-order valence-corrected chi connectivity index (χ0v) is 16.5. The molecule has 0 radical (unpaired) electrons. The third-order valence-electron chi connectivity index (χ3n) is 4.56. The molecular weight excluding hydrogens is 380 g/mol. The highest BCUT2D eigenvalue weighted by Gasteiger charge is 2.08. The summed E-state index contributed by atoms with van der Waals surface area (Å²) in [6.07, 6.45) is 6.09. The van der Waals surface area contributed by atoms with Gasteiger partial charge in [0.15, 0.2) is 0 Å². The Hall–Kier alpha value is -4.00. The lowest BCUT2D eigenvalue weighted by Gasteiger charge is -2.09. The Morgan fingerprint density at radius 2 is 1.90 bits per heavy atom. The Balaban J connectivity index is 1.28. The molecule has 2 heterocycles. The van der Waals surface area contributed by atoms with E-state index < -0.39 is 0 Å². The first kappa shape index (κ1) is 19.3. The van der Waals surface area contributed by atoms with E-state index in [1.807, 2.05) is 77.6 Å². The summed E-state index contributed by atoms with van der Waals surface area (Å²) in [6.45, 7) is 0.442. The molecule has 0 aliphatic carbocycles. The summed E-state index contributed by atoms with van der Waals surface area (Å²) in [4.78, 5) is 16.7. The molecule has 0 saturated carbocycles. The van der Waals surface area contributed by atoms with E-state index in [-0.39, 0.29) is 6.03 Å². The maximum Gasteiger partial charge on any atom is 0.319 e. The summed E-state index contributed by atoms with van der Waals surface area (Å²) < 4.78 is 12.7. The van der Waals surface area contributed by atoms with Crippen molar-refractivity contribution in [3.8, 4) is 22.9 Å². The smallest absolute Gasteiger partial charge is 0.319 e. The predicted octanol–water partition coefficient (Wildman–Crippen LogP) is 4.51.